The minimum Gasteiger partial charge on any atom is -0.383 e. The summed E-state index contributed by atoms with van der Waals surface area (Å²) in [5.41, 5.74) is 9.00. The van der Waals surface area contributed by atoms with Gasteiger partial charge in [0.15, 0.2) is 0 Å². The van der Waals surface area contributed by atoms with E-state index in [4.69, 9.17) is 5.73 Å². The van der Waals surface area contributed by atoms with E-state index >= 15 is 0 Å². The number of nitrogens with zero attached hydrogens (tertiary/aromatic N) is 4. The van der Waals surface area contributed by atoms with Crippen LogP contribution in [0.3, 0.4) is 0 Å². The fourth-order valence-electron chi connectivity index (χ4n) is 3.98. The van der Waals surface area contributed by atoms with Gasteiger partial charge < -0.3 is 10.6 Å². The summed E-state index contributed by atoms with van der Waals surface area (Å²) >= 11 is 0. The molecule has 5 heteroatoms. The molecule has 2 N–H and O–H groups in total. The topological polar surface area (TPSA) is 58.3 Å². The molecule has 0 amide bonds. The molecule has 2 fully saturated rings. The van der Waals surface area contributed by atoms with Crippen molar-refractivity contribution in [2.24, 2.45) is 0 Å². The number of likely N-dealkylation sites (tertiary alicyclic amines) is 1. The molecule has 2 bridgehead atoms. The summed E-state index contributed by atoms with van der Waals surface area (Å²) < 4.78 is 0. The lowest BCUT2D eigenvalue weighted by atomic mass is 10.1. The SMILES string of the molecule is CN1CC2CCC(C1)N2Cc1ccc(-c2cccnc2N)nc1. The average molecular weight is 309 g/mol. The first-order valence-electron chi connectivity index (χ1n) is 8.31. The number of anilines is 1. The van der Waals surface area contributed by atoms with Crippen molar-refractivity contribution in [3.8, 4) is 11.3 Å². The number of hydrogen-bond donors (Lipinski definition) is 1. The van der Waals surface area contributed by atoms with Crippen LogP contribution in [0, 0.1) is 0 Å². The fourth-order valence-corrected chi connectivity index (χ4v) is 3.98. The predicted octanol–water partition coefficient (Wildman–Crippen LogP) is 2.00. The second-order valence-corrected chi connectivity index (χ2v) is 6.77. The van der Waals surface area contributed by atoms with E-state index in [9.17, 15) is 0 Å². The van der Waals surface area contributed by atoms with E-state index in [-0.39, 0.29) is 0 Å². The molecule has 2 aliphatic rings. The van der Waals surface area contributed by atoms with E-state index in [1.165, 1.54) is 31.5 Å². The number of piperazine rings is 1. The quantitative estimate of drug-likeness (QED) is 0.940. The largest absolute Gasteiger partial charge is 0.383 e. The Kier molecular flexibility index (Phi) is 3.75. The van der Waals surface area contributed by atoms with E-state index in [1.54, 1.807) is 6.20 Å². The highest BCUT2D eigenvalue weighted by Gasteiger charge is 2.38. The van der Waals surface area contributed by atoms with Crippen LogP contribution >= 0.6 is 0 Å². The summed E-state index contributed by atoms with van der Waals surface area (Å²) in [7, 11) is 2.23. The highest BCUT2D eigenvalue weighted by molar-refractivity contribution is 5.70. The molecule has 0 saturated carbocycles. The van der Waals surface area contributed by atoms with E-state index in [0.717, 1.165) is 17.8 Å². The molecule has 2 saturated heterocycles. The average Bonchev–Trinajstić information content (AvgIpc) is 2.79. The van der Waals surface area contributed by atoms with Gasteiger partial charge in [-0.3, -0.25) is 9.88 Å². The summed E-state index contributed by atoms with van der Waals surface area (Å²) in [5.74, 6) is 0.532. The molecule has 2 aliphatic heterocycles. The molecular weight excluding hydrogens is 286 g/mol. The molecule has 4 rings (SSSR count). The molecule has 2 atom stereocenters. The minimum absolute atomic E-state index is 0.532. The van der Waals surface area contributed by atoms with Gasteiger partial charge in [-0.05, 0) is 43.7 Å². The normalized spacial score (nSPS) is 24.9. The molecule has 23 heavy (non-hydrogen) atoms. The van der Waals surface area contributed by atoms with E-state index in [0.29, 0.717) is 17.9 Å². The molecule has 0 aromatic carbocycles. The van der Waals surface area contributed by atoms with E-state index in [1.807, 2.05) is 18.3 Å². The van der Waals surface area contributed by atoms with Crippen molar-refractivity contribution < 1.29 is 0 Å². The third-order valence-corrected chi connectivity index (χ3v) is 5.12. The Morgan fingerprint density at radius 1 is 1.13 bits per heavy atom. The molecule has 2 unspecified atom stereocenters. The third kappa shape index (κ3) is 2.82. The van der Waals surface area contributed by atoms with Gasteiger partial charge in [0.25, 0.3) is 0 Å². The van der Waals surface area contributed by atoms with Crippen molar-refractivity contribution in [2.75, 3.05) is 25.9 Å². The van der Waals surface area contributed by atoms with Crippen molar-refractivity contribution in [3.05, 3.63) is 42.2 Å². The maximum Gasteiger partial charge on any atom is 0.132 e. The fraction of sp³-hybridized carbons (Fsp3) is 0.444. The van der Waals surface area contributed by atoms with Gasteiger partial charge in [-0.2, -0.15) is 0 Å². The van der Waals surface area contributed by atoms with Gasteiger partial charge in [-0.25, -0.2) is 4.98 Å². The second kappa shape index (κ2) is 5.91. The molecule has 2 aromatic heterocycles. The number of aromatic nitrogens is 2. The lowest BCUT2D eigenvalue weighted by molar-refractivity contribution is 0.0759. The van der Waals surface area contributed by atoms with Crippen LogP contribution in [-0.4, -0.2) is 52.0 Å². The van der Waals surface area contributed by atoms with Crippen LogP contribution in [0.15, 0.2) is 36.7 Å². The summed E-state index contributed by atoms with van der Waals surface area (Å²) in [4.78, 5) is 13.9. The summed E-state index contributed by atoms with van der Waals surface area (Å²) in [6.45, 7) is 3.38. The molecule has 5 nitrogen and oxygen atoms in total. The lowest BCUT2D eigenvalue weighted by Crippen LogP contribution is -2.51. The highest BCUT2D eigenvalue weighted by atomic mass is 15.3. The first-order chi connectivity index (χ1) is 11.2. The predicted molar refractivity (Wildman–Crippen MR) is 91.7 cm³/mol. The number of rotatable bonds is 3. The van der Waals surface area contributed by atoms with Crippen molar-refractivity contribution in [1.29, 1.82) is 0 Å². The van der Waals surface area contributed by atoms with Gasteiger partial charge in [0.1, 0.15) is 5.82 Å². The van der Waals surface area contributed by atoms with Gasteiger partial charge in [0, 0.05) is 49.7 Å². The lowest BCUT2D eigenvalue weighted by Gasteiger charge is -2.39. The number of hydrogen-bond acceptors (Lipinski definition) is 5. The molecule has 0 radical (unpaired) electrons. The second-order valence-electron chi connectivity index (χ2n) is 6.77. The van der Waals surface area contributed by atoms with Crippen LogP contribution < -0.4 is 5.73 Å². The van der Waals surface area contributed by atoms with Crippen molar-refractivity contribution >= 4 is 5.82 Å². The van der Waals surface area contributed by atoms with Crippen LogP contribution in [0.2, 0.25) is 0 Å². The van der Waals surface area contributed by atoms with Crippen molar-refractivity contribution in [1.82, 2.24) is 19.8 Å². The smallest absolute Gasteiger partial charge is 0.132 e. The van der Waals surface area contributed by atoms with Crippen molar-refractivity contribution in [3.63, 3.8) is 0 Å². The first-order valence-corrected chi connectivity index (χ1v) is 8.31. The zero-order valence-electron chi connectivity index (χ0n) is 13.5. The maximum atomic E-state index is 5.93. The van der Waals surface area contributed by atoms with Gasteiger partial charge in [0.05, 0.1) is 5.69 Å². The number of pyridine rings is 2. The Morgan fingerprint density at radius 3 is 2.57 bits per heavy atom. The number of likely N-dealkylation sites (N-methyl/N-ethyl adjacent to an activating group) is 1. The minimum atomic E-state index is 0.532. The Morgan fingerprint density at radius 2 is 1.91 bits per heavy atom. The zero-order chi connectivity index (χ0) is 15.8. The zero-order valence-corrected chi connectivity index (χ0v) is 13.5. The van der Waals surface area contributed by atoms with Crippen LogP contribution in [0.5, 0.6) is 0 Å². The Hall–Kier alpha value is -1.98. The first kappa shape index (κ1) is 14.6. The Bertz CT molecular complexity index is 670. The van der Waals surface area contributed by atoms with Crippen LogP contribution in [0.1, 0.15) is 18.4 Å². The summed E-state index contributed by atoms with van der Waals surface area (Å²) in [6, 6.07) is 9.49. The van der Waals surface area contributed by atoms with E-state index in [2.05, 4.69) is 38.9 Å². The summed E-state index contributed by atoms with van der Waals surface area (Å²) in [5, 5.41) is 0. The number of nitrogens with two attached hydrogens (primary N) is 1. The third-order valence-electron chi connectivity index (χ3n) is 5.12. The molecule has 4 heterocycles. The number of nitrogen functional groups attached to an aromatic ring is 1. The van der Waals surface area contributed by atoms with E-state index < -0.39 is 0 Å². The summed E-state index contributed by atoms with van der Waals surface area (Å²) in [6.07, 6.45) is 6.34. The van der Waals surface area contributed by atoms with Crippen molar-refractivity contribution in [2.45, 2.75) is 31.5 Å². The molecule has 2 aromatic rings. The standard InChI is InChI=1S/C18H23N5/c1-22-11-14-5-6-15(12-22)23(14)10-13-4-7-17(21-9-13)16-3-2-8-20-18(16)19/h2-4,7-9,14-15H,5-6,10-12H2,1H3,(H2,19,20). The van der Waals surface area contributed by atoms with Gasteiger partial charge in [-0.1, -0.05) is 6.07 Å². The van der Waals surface area contributed by atoms with Crippen LogP contribution in [0.25, 0.3) is 11.3 Å². The highest BCUT2D eigenvalue weighted by Crippen LogP contribution is 2.31. The molecule has 0 spiro atoms. The monoisotopic (exact) mass is 309 g/mol. The Labute approximate surface area is 137 Å². The van der Waals surface area contributed by atoms with Crippen LogP contribution in [0.4, 0.5) is 5.82 Å². The molecule has 0 aliphatic carbocycles. The molecular formula is C18H23N5. The van der Waals surface area contributed by atoms with Gasteiger partial charge >= 0.3 is 0 Å². The van der Waals surface area contributed by atoms with Gasteiger partial charge in [0.2, 0.25) is 0 Å². The van der Waals surface area contributed by atoms with Gasteiger partial charge in [-0.15, -0.1) is 0 Å². The number of fused-ring (bicyclic) bond motifs is 2. The maximum absolute atomic E-state index is 5.93. The van der Waals surface area contributed by atoms with Crippen LogP contribution in [-0.2, 0) is 6.54 Å². The molecule has 120 valence electrons. The Balaban J connectivity index is 1.50.